The number of hydrogen-bond acceptors (Lipinski definition) is 4. The van der Waals surface area contributed by atoms with Gasteiger partial charge in [-0.05, 0) is 51.8 Å². The van der Waals surface area contributed by atoms with E-state index in [1.807, 2.05) is 58.9 Å². The Balaban J connectivity index is 2.16. The lowest BCUT2D eigenvalue weighted by Gasteiger charge is -2.33. The maximum Gasteiger partial charge on any atom is 0.407 e. The van der Waals surface area contributed by atoms with E-state index in [9.17, 15) is 9.59 Å². The zero-order valence-corrected chi connectivity index (χ0v) is 16.8. The van der Waals surface area contributed by atoms with Gasteiger partial charge < -0.3 is 15.4 Å². The van der Waals surface area contributed by atoms with E-state index in [4.69, 9.17) is 4.74 Å². The van der Waals surface area contributed by atoms with Crippen LogP contribution in [0.15, 0.2) is 36.5 Å². The van der Waals surface area contributed by atoms with Gasteiger partial charge in [0.25, 0.3) is 5.91 Å². The minimum atomic E-state index is -0.565. The van der Waals surface area contributed by atoms with Crippen LogP contribution in [-0.4, -0.2) is 34.7 Å². The summed E-state index contributed by atoms with van der Waals surface area (Å²) < 4.78 is 5.30. The van der Waals surface area contributed by atoms with Crippen molar-refractivity contribution in [2.24, 2.45) is 0 Å². The van der Waals surface area contributed by atoms with Crippen LogP contribution >= 0.6 is 0 Å². The Hall–Kier alpha value is -2.63. The molecule has 2 amide bonds. The van der Waals surface area contributed by atoms with E-state index >= 15 is 0 Å². The Morgan fingerprint density at radius 3 is 2.41 bits per heavy atom. The van der Waals surface area contributed by atoms with Crippen molar-refractivity contribution in [1.29, 1.82) is 0 Å². The molecule has 0 bridgehead atoms. The molecule has 1 aromatic heterocycles. The number of benzene rings is 1. The first kappa shape index (κ1) is 20.7. The maximum absolute atomic E-state index is 13.0. The lowest BCUT2D eigenvalue weighted by atomic mass is 9.91. The second-order valence-corrected chi connectivity index (χ2v) is 7.67. The largest absolute Gasteiger partial charge is 0.444 e. The maximum atomic E-state index is 13.0. The highest BCUT2D eigenvalue weighted by Gasteiger charge is 2.30. The van der Waals surface area contributed by atoms with Crippen molar-refractivity contribution in [1.82, 2.24) is 15.6 Å². The lowest BCUT2D eigenvalue weighted by Crippen LogP contribution is -2.55. The van der Waals surface area contributed by atoms with Gasteiger partial charge in [0, 0.05) is 23.7 Å². The molecule has 2 N–H and O–H groups in total. The molecule has 6 nitrogen and oxygen atoms in total. The number of nitrogens with zero attached hydrogens (tertiary/aromatic N) is 1. The molecule has 0 saturated carbocycles. The molecule has 0 fully saturated rings. The van der Waals surface area contributed by atoms with Gasteiger partial charge >= 0.3 is 6.09 Å². The molecule has 0 saturated heterocycles. The summed E-state index contributed by atoms with van der Waals surface area (Å²) in [7, 11) is 0. The Labute approximate surface area is 160 Å². The van der Waals surface area contributed by atoms with Crippen LogP contribution in [0.4, 0.5) is 4.79 Å². The van der Waals surface area contributed by atoms with E-state index in [0.29, 0.717) is 24.9 Å². The van der Waals surface area contributed by atoms with Crippen molar-refractivity contribution in [3.8, 4) is 0 Å². The standard InChI is InChI=1S/C21H29N3O3/c1-6-21(7-2,14-23-19(26)27-20(3,4)5)24-18(25)16-10-8-12-17-15(16)11-9-13-22-17/h8-13H,6-7,14H2,1-5H3,(H,23,26)(H,24,25). The topological polar surface area (TPSA) is 80.3 Å². The van der Waals surface area contributed by atoms with Gasteiger partial charge in [-0.1, -0.05) is 26.0 Å². The van der Waals surface area contributed by atoms with E-state index in [0.717, 1.165) is 10.9 Å². The Morgan fingerprint density at radius 2 is 1.78 bits per heavy atom. The normalized spacial score (nSPS) is 11.9. The average Bonchev–Trinajstić information content (AvgIpc) is 2.63. The fourth-order valence-corrected chi connectivity index (χ4v) is 2.89. The predicted octanol–water partition coefficient (Wildman–Crippen LogP) is 4.05. The third-order valence-corrected chi connectivity index (χ3v) is 4.59. The van der Waals surface area contributed by atoms with Gasteiger partial charge in [-0.15, -0.1) is 0 Å². The third-order valence-electron chi connectivity index (χ3n) is 4.59. The first-order valence-corrected chi connectivity index (χ1v) is 9.33. The van der Waals surface area contributed by atoms with E-state index in [2.05, 4.69) is 15.6 Å². The fourth-order valence-electron chi connectivity index (χ4n) is 2.89. The van der Waals surface area contributed by atoms with Gasteiger partial charge in [0.05, 0.1) is 11.1 Å². The Bertz CT molecular complexity index is 802. The fraction of sp³-hybridized carbons (Fsp3) is 0.476. The number of hydrogen-bond donors (Lipinski definition) is 2. The summed E-state index contributed by atoms with van der Waals surface area (Å²) in [5.41, 5.74) is 0.225. The quantitative estimate of drug-likeness (QED) is 0.803. The second kappa shape index (κ2) is 8.37. The predicted molar refractivity (Wildman–Crippen MR) is 107 cm³/mol. The van der Waals surface area contributed by atoms with E-state index < -0.39 is 17.2 Å². The minimum absolute atomic E-state index is 0.178. The van der Waals surface area contributed by atoms with Crippen LogP contribution in [0.3, 0.4) is 0 Å². The highest BCUT2D eigenvalue weighted by Crippen LogP contribution is 2.20. The molecule has 0 radical (unpaired) electrons. The van der Waals surface area contributed by atoms with Crippen LogP contribution in [0.1, 0.15) is 57.8 Å². The number of amides is 2. The van der Waals surface area contributed by atoms with E-state index in [1.165, 1.54) is 0 Å². The summed E-state index contributed by atoms with van der Waals surface area (Å²) >= 11 is 0. The number of pyridine rings is 1. The van der Waals surface area contributed by atoms with Crippen molar-refractivity contribution in [2.45, 2.75) is 58.6 Å². The molecule has 0 aliphatic rings. The summed E-state index contributed by atoms with van der Waals surface area (Å²) in [5, 5.41) is 6.71. The highest BCUT2D eigenvalue weighted by molar-refractivity contribution is 6.06. The summed E-state index contributed by atoms with van der Waals surface area (Å²) in [5.74, 6) is -0.178. The molecule has 0 atom stereocenters. The zero-order valence-electron chi connectivity index (χ0n) is 16.8. The molecule has 2 aromatic rings. The molecule has 1 aromatic carbocycles. The van der Waals surface area contributed by atoms with Gasteiger partial charge in [0.15, 0.2) is 0 Å². The van der Waals surface area contributed by atoms with E-state index in [-0.39, 0.29) is 5.91 Å². The number of rotatable bonds is 6. The van der Waals surface area contributed by atoms with Crippen LogP contribution in [0.25, 0.3) is 10.9 Å². The molecule has 0 unspecified atom stereocenters. The Morgan fingerprint density at radius 1 is 1.07 bits per heavy atom. The van der Waals surface area contributed by atoms with Crippen molar-refractivity contribution >= 4 is 22.9 Å². The van der Waals surface area contributed by atoms with Crippen molar-refractivity contribution in [2.75, 3.05) is 6.54 Å². The average molecular weight is 371 g/mol. The smallest absolute Gasteiger partial charge is 0.407 e. The number of nitrogens with one attached hydrogen (secondary N) is 2. The zero-order chi connectivity index (χ0) is 20.1. The molecule has 27 heavy (non-hydrogen) atoms. The first-order valence-electron chi connectivity index (χ1n) is 9.33. The lowest BCUT2D eigenvalue weighted by molar-refractivity contribution is 0.0502. The highest BCUT2D eigenvalue weighted by atomic mass is 16.6. The molecule has 0 aliphatic carbocycles. The molecule has 146 valence electrons. The van der Waals surface area contributed by atoms with Gasteiger partial charge in [-0.25, -0.2) is 4.79 Å². The van der Waals surface area contributed by atoms with Crippen LogP contribution in [-0.2, 0) is 4.74 Å². The van der Waals surface area contributed by atoms with Gasteiger partial charge in [0.1, 0.15) is 5.60 Å². The second-order valence-electron chi connectivity index (χ2n) is 7.67. The monoisotopic (exact) mass is 371 g/mol. The number of alkyl carbamates (subject to hydrolysis) is 1. The van der Waals surface area contributed by atoms with Crippen LogP contribution in [0.2, 0.25) is 0 Å². The SMILES string of the molecule is CCC(CC)(CNC(=O)OC(C)(C)C)NC(=O)c1cccc2ncccc12. The minimum Gasteiger partial charge on any atom is -0.444 e. The molecule has 6 heteroatoms. The van der Waals surface area contributed by atoms with Gasteiger partial charge in [0.2, 0.25) is 0 Å². The number of carbonyl (C=O) groups is 2. The van der Waals surface area contributed by atoms with Crippen molar-refractivity contribution in [3.05, 3.63) is 42.1 Å². The molecule has 1 heterocycles. The number of ether oxygens (including phenoxy) is 1. The molecule has 0 spiro atoms. The molecular formula is C21H29N3O3. The van der Waals surface area contributed by atoms with Crippen LogP contribution < -0.4 is 10.6 Å². The summed E-state index contributed by atoms with van der Waals surface area (Å²) in [4.78, 5) is 29.3. The summed E-state index contributed by atoms with van der Waals surface area (Å²) in [6, 6.07) is 9.19. The van der Waals surface area contributed by atoms with Crippen molar-refractivity contribution in [3.63, 3.8) is 0 Å². The molecular weight excluding hydrogens is 342 g/mol. The van der Waals surface area contributed by atoms with Gasteiger partial charge in [-0.2, -0.15) is 0 Å². The number of carbonyl (C=O) groups excluding carboxylic acids is 2. The van der Waals surface area contributed by atoms with Crippen LogP contribution in [0, 0.1) is 0 Å². The van der Waals surface area contributed by atoms with Crippen molar-refractivity contribution < 1.29 is 14.3 Å². The summed E-state index contributed by atoms with van der Waals surface area (Å²) in [6.45, 7) is 9.72. The molecule has 2 rings (SSSR count). The summed E-state index contributed by atoms with van der Waals surface area (Å²) in [6.07, 6.45) is 2.57. The Kier molecular flexibility index (Phi) is 6.41. The number of fused-ring (bicyclic) bond motifs is 1. The van der Waals surface area contributed by atoms with E-state index in [1.54, 1.807) is 12.3 Å². The third kappa shape index (κ3) is 5.42. The molecule has 0 aliphatic heterocycles. The first-order chi connectivity index (χ1) is 12.7. The van der Waals surface area contributed by atoms with Crippen LogP contribution in [0.5, 0.6) is 0 Å². The van der Waals surface area contributed by atoms with Gasteiger partial charge in [-0.3, -0.25) is 9.78 Å². The number of aromatic nitrogens is 1.